The zero-order valence-corrected chi connectivity index (χ0v) is 10.6. The third-order valence-electron chi connectivity index (χ3n) is 2.46. The van der Waals surface area contributed by atoms with Crippen molar-refractivity contribution in [3.63, 3.8) is 0 Å². The fourth-order valence-electron chi connectivity index (χ4n) is 1.64. The van der Waals surface area contributed by atoms with Crippen molar-refractivity contribution in [1.29, 1.82) is 0 Å². The van der Waals surface area contributed by atoms with Gasteiger partial charge in [-0.2, -0.15) is 18.0 Å². The van der Waals surface area contributed by atoms with Crippen molar-refractivity contribution >= 4 is 22.9 Å². The van der Waals surface area contributed by atoms with Gasteiger partial charge in [0.2, 0.25) is 0 Å². The monoisotopic (exact) mass is 289 g/mol. The number of hydrogen-bond acceptors (Lipinski definition) is 5. The van der Waals surface area contributed by atoms with E-state index in [-0.39, 0.29) is 11.3 Å². The standard InChI is InChI=1S/C11H10F3N3OS/c1-18-7-3-4-8(19-17-15)6-2-5-9(11(12,13)14)16-10(6)7/h2-5,17H,15H2,1H3. The van der Waals surface area contributed by atoms with Gasteiger partial charge in [0.1, 0.15) is 17.0 Å². The molecule has 0 fully saturated rings. The summed E-state index contributed by atoms with van der Waals surface area (Å²) >= 11 is 1.09. The van der Waals surface area contributed by atoms with Gasteiger partial charge in [0.05, 0.1) is 7.11 Å². The molecule has 4 nitrogen and oxygen atoms in total. The number of halogens is 3. The molecule has 0 radical (unpaired) electrons. The normalized spacial score (nSPS) is 11.8. The summed E-state index contributed by atoms with van der Waals surface area (Å²) in [6.45, 7) is 0. The van der Waals surface area contributed by atoms with E-state index in [1.807, 2.05) is 0 Å². The number of rotatable bonds is 3. The topological polar surface area (TPSA) is 60.2 Å². The molecule has 8 heteroatoms. The molecule has 0 unspecified atom stereocenters. The minimum absolute atomic E-state index is 0.151. The fourth-order valence-corrected chi connectivity index (χ4v) is 2.18. The van der Waals surface area contributed by atoms with E-state index < -0.39 is 11.9 Å². The van der Waals surface area contributed by atoms with E-state index in [1.165, 1.54) is 13.2 Å². The Hall–Kier alpha value is -1.51. The van der Waals surface area contributed by atoms with Crippen LogP contribution in [0.4, 0.5) is 13.2 Å². The molecule has 1 aromatic heterocycles. The van der Waals surface area contributed by atoms with Gasteiger partial charge >= 0.3 is 6.18 Å². The van der Waals surface area contributed by atoms with Gasteiger partial charge in [-0.25, -0.2) is 4.98 Å². The number of alkyl halides is 3. The third-order valence-corrected chi connectivity index (χ3v) is 3.15. The zero-order valence-electron chi connectivity index (χ0n) is 9.78. The van der Waals surface area contributed by atoms with Gasteiger partial charge < -0.3 is 4.74 Å². The lowest BCUT2D eigenvalue weighted by Crippen LogP contribution is -2.11. The van der Waals surface area contributed by atoms with Crippen molar-refractivity contribution in [3.05, 3.63) is 30.0 Å². The van der Waals surface area contributed by atoms with E-state index in [0.717, 1.165) is 18.0 Å². The number of hydrazine groups is 1. The summed E-state index contributed by atoms with van der Waals surface area (Å²) in [6, 6.07) is 5.53. The van der Waals surface area contributed by atoms with Crippen molar-refractivity contribution in [3.8, 4) is 5.75 Å². The van der Waals surface area contributed by atoms with Gasteiger partial charge in [0, 0.05) is 10.3 Å². The lowest BCUT2D eigenvalue weighted by atomic mass is 10.2. The van der Waals surface area contributed by atoms with Crippen LogP contribution in [0.25, 0.3) is 10.9 Å². The second-order valence-corrected chi connectivity index (χ2v) is 4.46. The van der Waals surface area contributed by atoms with E-state index in [9.17, 15) is 13.2 Å². The Morgan fingerprint density at radius 1 is 1.26 bits per heavy atom. The van der Waals surface area contributed by atoms with E-state index >= 15 is 0 Å². The Morgan fingerprint density at radius 3 is 2.58 bits per heavy atom. The van der Waals surface area contributed by atoms with E-state index in [2.05, 4.69) is 9.82 Å². The highest BCUT2D eigenvalue weighted by Gasteiger charge is 2.32. The van der Waals surface area contributed by atoms with Crippen LogP contribution in [0.1, 0.15) is 5.69 Å². The number of aromatic nitrogens is 1. The van der Waals surface area contributed by atoms with Crippen LogP contribution in [-0.2, 0) is 6.18 Å². The molecule has 2 aromatic rings. The largest absolute Gasteiger partial charge is 0.494 e. The van der Waals surface area contributed by atoms with Crippen LogP contribution in [0.5, 0.6) is 5.75 Å². The molecule has 0 bridgehead atoms. The van der Waals surface area contributed by atoms with Gasteiger partial charge in [0.15, 0.2) is 0 Å². The highest BCUT2D eigenvalue weighted by atomic mass is 32.2. The molecule has 0 spiro atoms. The van der Waals surface area contributed by atoms with Crippen LogP contribution in [0, 0.1) is 0 Å². The van der Waals surface area contributed by atoms with Crippen LogP contribution >= 0.6 is 11.9 Å². The van der Waals surface area contributed by atoms with Crippen molar-refractivity contribution in [2.24, 2.45) is 5.84 Å². The average Bonchev–Trinajstić information content (AvgIpc) is 2.37. The van der Waals surface area contributed by atoms with Crippen LogP contribution in [0.2, 0.25) is 0 Å². The number of nitrogens with two attached hydrogens (primary N) is 1. The second-order valence-electron chi connectivity index (χ2n) is 3.58. The molecular weight excluding hydrogens is 279 g/mol. The number of benzene rings is 1. The summed E-state index contributed by atoms with van der Waals surface area (Å²) in [6.07, 6.45) is -4.49. The smallest absolute Gasteiger partial charge is 0.433 e. The van der Waals surface area contributed by atoms with E-state index in [1.54, 1.807) is 12.1 Å². The van der Waals surface area contributed by atoms with Crippen LogP contribution in [0.3, 0.4) is 0 Å². The number of pyridine rings is 1. The minimum Gasteiger partial charge on any atom is -0.494 e. The molecule has 0 aliphatic carbocycles. The van der Waals surface area contributed by atoms with Crippen molar-refractivity contribution in [1.82, 2.24) is 9.82 Å². The van der Waals surface area contributed by atoms with E-state index in [4.69, 9.17) is 10.6 Å². The number of nitrogens with zero attached hydrogens (tertiary/aromatic N) is 1. The highest BCUT2D eigenvalue weighted by molar-refractivity contribution is 7.97. The van der Waals surface area contributed by atoms with Gasteiger partial charge in [0.25, 0.3) is 0 Å². The van der Waals surface area contributed by atoms with Crippen molar-refractivity contribution in [2.75, 3.05) is 7.11 Å². The highest BCUT2D eigenvalue weighted by Crippen LogP contribution is 2.35. The Morgan fingerprint density at radius 2 is 2.00 bits per heavy atom. The first-order valence-corrected chi connectivity index (χ1v) is 5.96. The lowest BCUT2D eigenvalue weighted by Gasteiger charge is -2.11. The van der Waals surface area contributed by atoms with Crippen molar-refractivity contribution in [2.45, 2.75) is 11.1 Å². The summed E-state index contributed by atoms with van der Waals surface area (Å²) in [5, 5.41) is 0.537. The maximum absolute atomic E-state index is 12.7. The molecular formula is C11H10F3N3OS. The Labute approximate surface area is 111 Å². The molecule has 0 saturated carbocycles. The maximum Gasteiger partial charge on any atom is 0.433 e. The molecule has 0 amide bonds. The molecule has 1 heterocycles. The summed E-state index contributed by atoms with van der Waals surface area (Å²) in [5.41, 5.74) is -0.807. The zero-order chi connectivity index (χ0) is 14.0. The molecule has 0 atom stereocenters. The average molecular weight is 289 g/mol. The molecule has 19 heavy (non-hydrogen) atoms. The van der Waals surface area contributed by atoms with Crippen LogP contribution < -0.4 is 15.4 Å². The maximum atomic E-state index is 12.7. The first kappa shape index (κ1) is 13.9. The molecule has 2 rings (SSSR count). The minimum atomic E-state index is -4.49. The van der Waals surface area contributed by atoms with Gasteiger partial charge in [-0.1, -0.05) is 0 Å². The summed E-state index contributed by atoms with van der Waals surface area (Å²) in [7, 11) is 1.38. The SMILES string of the molecule is COc1ccc(SNN)c2ccc(C(F)(F)F)nc12. The number of nitrogens with one attached hydrogen (secondary N) is 1. The fraction of sp³-hybridized carbons (Fsp3) is 0.182. The number of methoxy groups -OCH3 is 1. The number of fused-ring (bicyclic) bond motifs is 1. The summed E-state index contributed by atoms with van der Waals surface area (Å²) < 4.78 is 43.0. The molecule has 0 saturated heterocycles. The molecule has 102 valence electrons. The summed E-state index contributed by atoms with van der Waals surface area (Å²) in [5.74, 6) is 5.48. The Balaban J connectivity index is 2.68. The number of hydrogen-bond donors (Lipinski definition) is 2. The number of ether oxygens (including phenoxy) is 1. The van der Waals surface area contributed by atoms with Crippen LogP contribution in [-0.4, -0.2) is 12.1 Å². The first-order chi connectivity index (χ1) is 8.97. The second kappa shape index (κ2) is 5.24. The van der Waals surface area contributed by atoms with E-state index in [0.29, 0.717) is 10.3 Å². The molecule has 0 aliphatic rings. The molecule has 0 aliphatic heterocycles. The predicted molar refractivity (Wildman–Crippen MR) is 66.5 cm³/mol. The third kappa shape index (κ3) is 2.75. The molecule has 3 N–H and O–H groups in total. The van der Waals surface area contributed by atoms with Crippen LogP contribution in [0.15, 0.2) is 29.2 Å². The first-order valence-electron chi connectivity index (χ1n) is 5.14. The Kier molecular flexibility index (Phi) is 3.83. The Bertz CT molecular complexity index is 603. The predicted octanol–water partition coefficient (Wildman–Crippen LogP) is 2.73. The van der Waals surface area contributed by atoms with Gasteiger partial charge in [-0.15, -0.1) is 0 Å². The van der Waals surface area contributed by atoms with Gasteiger partial charge in [-0.3, -0.25) is 5.84 Å². The quantitative estimate of drug-likeness (QED) is 0.517. The van der Waals surface area contributed by atoms with Crippen molar-refractivity contribution < 1.29 is 17.9 Å². The van der Waals surface area contributed by atoms with Gasteiger partial charge in [-0.05, 0) is 36.2 Å². The molecule has 1 aromatic carbocycles. The lowest BCUT2D eigenvalue weighted by molar-refractivity contribution is -0.140. The summed E-state index contributed by atoms with van der Waals surface area (Å²) in [4.78, 5) is 6.68.